The van der Waals surface area contributed by atoms with Gasteiger partial charge in [0.05, 0.1) is 0 Å². The summed E-state index contributed by atoms with van der Waals surface area (Å²) in [5.41, 5.74) is 1.33. The smallest absolute Gasteiger partial charge is 0.0443 e. The molecule has 0 saturated carbocycles. The molecule has 0 atom stereocenters. The number of hydrogen-bond acceptors (Lipinski definition) is 2. The monoisotopic (exact) mass is 143 g/mol. The minimum Gasteiger partial charge on any atom is -0.396 e. The van der Waals surface area contributed by atoms with Crippen LogP contribution in [0.1, 0.15) is 20.3 Å². The lowest BCUT2D eigenvalue weighted by Crippen LogP contribution is -2.16. The number of aliphatic hydroxyl groups excluding tert-OH is 1. The van der Waals surface area contributed by atoms with Crippen LogP contribution < -0.4 is 5.32 Å². The fourth-order valence-corrected chi connectivity index (χ4v) is 0.582. The van der Waals surface area contributed by atoms with Crippen molar-refractivity contribution in [1.82, 2.24) is 5.32 Å². The molecule has 2 heteroatoms. The quantitative estimate of drug-likeness (QED) is 0.443. The molecule has 0 radical (unpaired) electrons. The van der Waals surface area contributed by atoms with Gasteiger partial charge in [-0.15, -0.1) is 0 Å². The summed E-state index contributed by atoms with van der Waals surface area (Å²) in [5.74, 6) is 0. The van der Waals surface area contributed by atoms with E-state index in [1.54, 1.807) is 0 Å². The van der Waals surface area contributed by atoms with E-state index >= 15 is 0 Å². The molecule has 0 bridgehead atoms. The molecule has 0 fully saturated rings. The summed E-state index contributed by atoms with van der Waals surface area (Å²) in [6, 6.07) is 0. The molecule has 0 aromatic heterocycles. The number of hydrogen-bond donors (Lipinski definition) is 2. The molecule has 10 heavy (non-hydrogen) atoms. The van der Waals surface area contributed by atoms with Gasteiger partial charge < -0.3 is 10.4 Å². The lowest BCUT2D eigenvalue weighted by Gasteiger charge is -1.98. The highest BCUT2D eigenvalue weighted by Gasteiger charge is 1.82. The van der Waals surface area contributed by atoms with Crippen molar-refractivity contribution in [2.75, 3.05) is 19.7 Å². The first-order chi connectivity index (χ1) is 4.77. The second-order valence-electron chi connectivity index (χ2n) is 2.56. The third-order valence-electron chi connectivity index (χ3n) is 1.17. The molecule has 0 aliphatic heterocycles. The van der Waals surface area contributed by atoms with Crippen LogP contribution in [0.3, 0.4) is 0 Å². The number of nitrogens with one attached hydrogen (secondary N) is 1. The van der Waals surface area contributed by atoms with Crippen molar-refractivity contribution >= 4 is 0 Å². The lowest BCUT2D eigenvalue weighted by molar-refractivity contribution is 0.287. The van der Waals surface area contributed by atoms with Gasteiger partial charge in [-0.25, -0.2) is 0 Å². The van der Waals surface area contributed by atoms with Gasteiger partial charge in [0.15, 0.2) is 0 Å². The molecule has 0 spiro atoms. The van der Waals surface area contributed by atoms with Crippen molar-refractivity contribution in [2.24, 2.45) is 0 Å². The maximum atomic E-state index is 8.42. The van der Waals surface area contributed by atoms with Crippen molar-refractivity contribution in [3.05, 3.63) is 11.6 Å². The Labute approximate surface area is 62.9 Å². The van der Waals surface area contributed by atoms with Gasteiger partial charge in [0.25, 0.3) is 0 Å². The second-order valence-corrected chi connectivity index (χ2v) is 2.56. The Bertz CT molecular complexity index is 95.4. The largest absolute Gasteiger partial charge is 0.396 e. The number of aliphatic hydroxyl groups is 1. The minimum atomic E-state index is 0.280. The molecule has 0 aromatic carbocycles. The van der Waals surface area contributed by atoms with Crippen LogP contribution >= 0.6 is 0 Å². The van der Waals surface area contributed by atoms with Gasteiger partial charge in [0, 0.05) is 13.2 Å². The van der Waals surface area contributed by atoms with Crippen LogP contribution in [0.5, 0.6) is 0 Å². The van der Waals surface area contributed by atoms with E-state index in [-0.39, 0.29) is 6.61 Å². The molecule has 0 saturated heterocycles. The van der Waals surface area contributed by atoms with Crippen LogP contribution in [-0.4, -0.2) is 24.8 Å². The van der Waals surface area contributed by atoms with Crippen LogP contribution in [0.4, 0.5) is 0 Å². The zero-order chi connectivity index (χ0) is 7.82. The Hall–Kier alpha value is -0.340. The van der Waals surface area contributed by atoms with Gasteiger partial charge in [0.2, 0.25) is 0 Å². The van der Waals surface area contributed by atoms with Crippen LogP contribution in [0.2, 0.25) is 0 Å². The van der Waals surface area contributed by atoms with E-state index in [2.05, 4.69) is 25.2 Å². The lowest BCUT2D eigenvalue weighted by atomic mass is 10.3. The molecule has 0 rings (SSSR count). The summed E-state index contributed by atoms with van der Waals surface area (Å²) in [6.45, 7) is 6.26. The fraction of sp³-hybridized carbons (Fsp3) is 0.750. The second kappa shape index (κ2) is 6.78. The van der Waals surface area contributed by atoms with Crippen LogP contribution in [0.25, 0.3) is 0 Å². The maximum Gasteiger partial charge on any atom is 0.0443 e. The topological polar surface area (TPSA) is 32.3 Å². The zero-order valence-corrected chi connectivity index (χ0v) is 6.85. The molecule has 0 unspecified atom stereocenters. The Kier molecular flexibility index (Phi) is 6.55. The number of allylic oxidation sites excluding steroid dienone is 1. The summed E-state index contributed by atoms with van der Waals surface area (Å²) in [7, 11) is 0. The summed E-state index contributed by atoms with van der Waals surface area (Å²) in [5, 5.41) is 11.6. The van der Waals surface area contributed by atoms with Gasteiger partial charge in [0.1, 0.15) is 0 Å². The minimum absolute atomic E-state index is 0.280. The van der Waals surface area contributed by atoms with Crippen LogP contribution in [0.15, 0.2) is 11.6 Å². The Balaban J connectivity index is 2.98. The van der Waals surface area contributed by atoms with Crippen LogP contribution in [0, 0.1) is 0 Å². The first kappa shape index (κ1) is 9.66. The summed E-state index contributed by atoms with van der Waals surface area (Å²) in [4.78, 5) is 0. The average Bonchev–Trinajstić information content (AvgIpc) is 1.87. The van der Waals surface area contributed by atoms with Gasteiger partial charge in [-0.1, -0.05) is 11.6 Å². The Morgan fingerprint density at radius 3 is 2.70 bits per heavy atom. The third-order valence-corrected chi connectivity index (χ3v) is 1.17. The summed E-state index contributed by atoms with van der Waals surface area (Å²) < 4.78 is 0. The fourth-order valence-electron chi connectivity index (χ4n) is 0.582. The van der Waals surface area contributed by atoms with Gasteiger partial charge in [-0.3, -0.25) is 0 Å². The first-order valence-corrected chi connectivity index (χ1v) is 3.72. The summed E-state index contributed by atoms with van der Waals surface area (Å²) >= 11 is 0. The summed E-state index contributed by atoms with van der Waals surface area (Å²) in [6.07, 6.45) is 2.98. The van der Waals surface area contributed by atoms with E-state index in [4.69, 9.17) is 5.11 Å². The molecule has 2 N–H and O–H groups in total. The average molecular weight is 143 g/mol. The molecular formula is C8H17NO. The third kappa shape index (κ3) is 7.66. The highest BCUT2D eigenvalue weighted by atomic mass is 16.3. The highest BCUT2D eigenvalue weighted by Crippen LogP contribution is 1.84. The molecule has 2 nitrogen and oxygen atoms in total. The van der Waals surface area contributed by atoms with E-state index in [0.29, 0.717) is 0 Å². The van der Waals surface area contributed by atoms with Crippen molar-refractivity contribution in [3.8, 4) is 0 Å². The standard InChI is InChI=1S/C8H17NO/c1-8(2)4-6-9-5-3-7-10/h4,9-10H,3,5-7H2,1-2H3. The van der Waals surface area contributed by atoms with E-state index in [9.17, 15) is 0 Å². The van der Waals surface area contributed by atoms with Gasteiger partial charge >= 0.3 is 0 Å². The molecule has 0 aliphatic carbocycles. The Morgan fingerprint density at radius 1 is 1.50 bits per heavy atom. The van der Waals surface area contributed by atoms with Crippen molar-refractivity contribution in [2.45, 2.75) is 20.3 Å². The molecule has 0 aromatic rings. The Morgan fingerprint density at radius 2 is 2.20 bits per heavy atom. The first-order valence-electron chi connectivity index (χ1n) is 3.72. The van der Waals surface area contributed by atoms with Gasteiger partial charge in [-0.05, 0) is 26.8 Å². The van der Waals surface area contributed by atoms with E-state index in [1.807, 2.05) is 0 Å². The molecule has 0 heterocycles. The predicted molar refractivity (Wildman–Crippen MR) is 44.0 cm³/mol. The van der Waals surface area contributed by atoms with Crippen molar-refractivity contribution in [1.29, 1.82) is 0 Å². The van der Waals surface area contributed by atoms with E-state index in [1.165, 1.54) is 5.57 Å². The normalized spacial score (nSPS) is 9.50. The van der Waals surface area contributed by atoms with Crippen molar-refractivity contribution < 1.29 is 5.11 Å². The molecular weight excluding hydrogens is 126 g/mol. The van der Waals surface area contributed by atoms with Crippen LogP contribution in [-0.2, 0) is 0 Å². The zero-order valence-electron chi connectivity index (χ0n) is 6.85. The SMILES string of the molecule is CC(C)=CCNCCCO. The predicted octanol–water partition coefficient (Wildman–Crippen LogP) is 0.925. The van der Waals surface area contributed by atoms with Crippen molar-refractivity contribution in [3.63, 3.8) is 0 Å². The highest BCUT2D eigenvalue weighted by molar-refractivity contribution is 4.94. The van der Waals surface area contributed by atoms with E-state index < -0.39 is 0 Å². The maximum absolute atomic E-state index is 8.42. The molecule has 0 amide bonds. The van der Waals surface area contributed by atoms with E-state index in [0.717, 1.165) is 19.5 Å². The number of rotatable bonds is 5. The molecule has 0 aliphatic rings. The van der Waals surface area contributed by atoms with Gasteiger partial charge in [-0.2, -0.15) is 0 Å². The molecule has 60 valence electrons.